The van der Waals surface area contributed by atoms with E-state index in [2.05, 4.69) is 54.0 Å². The van der Waals surface area contributed by atoms with Crippen LogP contribution in [0.25, 0.3) is 0 Å². The van der Waals surface area contributed by atoms with Crippen molar-refractivity contribution in [2.75, 3.05) is 18.4 Å². The van der Waals surface area contributed by atoms with Gasteiger partial charge in [-0.25, -0.2) is 0 Å². The van der Waals surface area contributed by atoms with E-state index in [-0.39, 0.29) is 23.8 Å². The summed E-state index contributed by atoms with van der Waals surface area (Å²) in [6, 6.07) is 9.15. The topological polar surface area (TPSA) is 67.2 Å². The average Bonchev–Trinajstić information content (AvgIpc) is 2.99. The maximum atomic E-state index is 13.0. The lowest BCUT2D eigenvalue weighted by Gasteiger charge is -2.22. The second-order valence-electron chi connectivity index (χ2n) is 7.90. The number of carbonyl (C=O) groups excluding carboxylic acids is 2. The third kappa shape index (κ3) is 5.67. The number of benzene rings is 1. The first-order valence-corrected chi connectivity index (χ1v) is 10.3. The van der Waals surface area contributed by atoms with Gasteiger partial charge in [0.25, 0.3) is 5.91 Å². The zero-order valence-electron chi connectivity index (χ0n) is 17.3. The molecule has 0 radical (unpaired) electrons. The molecular formula is C21H29BrN4O2. The van der Waals surface area contributed by atoms with Crippen LogP contribution in [0.5, 0.6) is 0 Å². The number of amides is 2. The first kappa shape index (κ1) is 22.1. The van der Waals surface area contributed by atoms with Gasteiger partial charge in [0, 0.05) is 29.5 Å². The molecule has 0 aliphatic carbocycles. The van der Waals surface area contributed by atoms with Crippen LogP contribution in [0, 0.1) is 0 Å². The van der Waals surface area contributed by atoms with Crippen LogP contribution < -0.4 is 5.32 Å². The van der Waals surface area contributed by atoms with Crippen LogP contribution in [-0.2, 0) is 17.3 Å². The van der Waals surface area contributed by atoms with Crippen LogP contribution in [0.15, 0.2) is 34.8 Å². The van der Waals surface area contributed by atoms with Gasteiger partial charge in [0.2, 0.25) is 5.91 Å². The third-order valence-corrected chi connectivity index (χ3v) is 5.11. The highest BCUT2D eigenvalue weighted by Crippen LogP contribution is 2.23. The van der Waals surface area contributed by atoms with Crippen molar-refractivity contribution in [1.29, 1.82) is 0 Å². The quantitative estimate of drug-likeness (QED) is 0.683. The number of aryl methyl sites for hydroxylation is 1. The molecule has 0 spiro atoms. The molecule has 0 bridgehead atoms. The van der Waals surface area contributed by atoms with Crippen LogP contribution in [0.2, 0.25) is 0 Å². The summed E-state index contributed by atoms with van der Waals surface area (Å²) in [6.45, 7) is 8.81. The van der Waals surface area contributed by atoms with Gasteiger partial charge in [0.15, 0.2) is 0 Å². The molecule has 0 unspecified atom stereocenters. The van der Waals surface area contributed by atoms with Crippen molar-refractivity contribution in [3.8, 4) is 0 Å². The highest BCUT2D eigenvalue weighted by atomic mass is 79.9. The lowest BCUT2D eigenvalue weighted by molar-refractivity contribution is -0.117. The summed E-state index contributed by atoms with van der Waals surface area (Å²) >= 11 is 3.42. The zero-order valence-corrected chi connectivity index (χ0v) is 18.8. The summed E-state index contributed by atoms with van der Waals surface area (Å²) in [5.41, 5.74) is 1.35. The molecule has 2 aromatic rings. The zero-order chi connectivity index (χ0) is 20.9. The third-order valence-electron chi connectivity index (χ3n) is 4.42. The van der Waals surface area contributed by atoms with Crippen LogP contribution in [-0.4, -0.2) is 39.6 Å². The first-order valence-electron chi connectivity index (χ1n) is 9.51. The number of unbranched alkanes of at least 4 members (excludes halogenated alkanes) is 1. The predicted octanol–water partition coefficient (Wildman–Crippen LogP) is 4.36. The average molecular weight is 449 g/mol. The first-order chi connectivity index (χ1) is 13.1. The number of hydrogen-bond donors (Lipinski definition) is 1. The van der Waals surface area contributed by atoms with Gasteiger partial charge in [-0.05, 0) is 34.5 Å². The molecule has 0 atom stereocenters. The Morgan fingerprint density at radius 1 is 1.25 bits per heavy atom. The second kappa shape index (κ2) is 9.37. The summed E-state index contributed by atoms with van der Waals surface area (Å²) in [6.07, 6.45) is 1.78. The smallest absolute Gasteiger partial charge is 0.255 e. The van der Waals surface area contributed by atoms with Gasteiger partial charge in [0.05, 0.1) is 11.3 Å². The Morgan fingerprint density at radius 2 is 1.93 bits per heavy atom. The lowest BCUT2D eigenvalue weighted by Crippen LogP contribution is -2.39. The largest absolute Gasteiger partial charge is 0.329 e. The number of halogens is 1. The van der Waals surface area contributed by atoms with E-state index in [0.717, 1.165) is 23.0 Å². The Hall–Kier alpha value is -2.15. The molecule has 152 valence electrons. The Balaban J connectivity index is 2.14. The number of nitrogens with one attached hydrogen (secondary N) is 1. The lowest BCUT2D eigenvalue weighted by atomic mass is 9.92. The van der Waals surface area contributed by atoms with E-state index in [9.17, 15) is 9.59 Å². The highest BCUT2D eigenvalue weighted by Gasteiger charge is 2.22. The van der Waals surface area contributed by atoms with Crippen molar-refractivity contribution in [2.24, 2.45) is 7.05 Å². The van der Waals surface area contributed by atoms with Gasteiger partial charge < -0.3 is 10.2 Å². The van der Waals surface area contributed by atoms with Crippen molar-refractivity contribution in [1.82, 2.24) is 14.7 Å². The van der Waals surface area contributed by atoms with Crippen LogP contribution >= 0.6 is 15.9 Å². The number of aromatic nitrogens is 2. The minimum Gasteiger partial charge on any atom is -0.329 e. The number of carbonyl (C=O) groups is 2. The van der Waals surface area contributed by atoms with E-state index in [0.29, 0.717) is 17.9 Å². The van der Waals surface area contributed by atoms with Gasteiger partial charge in [-0.1, -0.05) is 46.2 Å². The molecule has 6 nitrogen and oxygen atoms in total. The summed E-state index contributed by atoms with van der Waals surface area (Å²) in [5, 5.41) is 7.36. The summed E-state index contributed by atoms with van der Waals surface area (Å²) in [7, 11) is 1.80. The van der Waals surface area contributed by atoms with Crippen LogP contribution in [0.4, 0.5) is 5.82 Å². The molecule has 1 aromatic carbocycles. The van der Waals surface area contributed by atoms with Crippen LogP contribution in [0.3, 0.4) is 0 Å². The van der Waals surface area contributed by atoms with E-state index in [1.807, 2.05) is 24.3 Å². The van der Waals surface area contributed by atoms with Gasteiger partial charge in [-0.2, -0.15) is 5.10 Å². The van der Waals surface area contributed by atoms with Crippen molar-refractivity contribution < 1.29 is 9.59 Å². The van der Waals surface area contributed by atoms with Crippen LogP contribution in [0.1, 0.15) is 56.6 Å². The van der Waals surface area contributed by atoms with Crippen molar-refractivity contribution >= 4 is 33.6 Å². The molecule has 0 fully saturated rings. The fourth-order valence-corrected chi connectivity index (χ4v) is 3.17. The van der Waals surface area contributed by atoms with E-state index < -0.39 is 0 Å². The maximum Gasteiger partial charge on any atom is 0.255 e. The van der Waals surface area contributed by atoms with Crippen molar-refractivity contribution in [2.45, 2.75) is 46.0 Å². The number of nitrogens with zero attached hydrogens (tertiary/aromatic N) is 3. The standard InChI is InChI=1S/C21H29BrN4O2/c1-6-7-12-26(20(28)15-10-8-9-11-16(15)22)14-19(27)23-18-13-17(21(2,3)4)24-25(18)5/h8-11,13H,6-7,12,14H2,1-5H3,(H,23,27). The Kier molecular flexibility index (Phi) is 7.41. The molecule has 1 N–H and O–H groups in total. The minimum absolute atomic E-state index is 0.00377. The monoisotopic (exact) mass is 448 g/mol. The fourth-order valence-electron chi connectivity index (χ4n) is 2.71. The molecule has 0 saturated heterocycles. The fraction of sp³-hybridized carbons (Fsp3) is 0.476. The van der Waals surface area contributed by atoms with E-state index in [1.54, 1.807) is 22.7 Å². The van der Waals surface area contributed by atoms with E-state index in [4.69, 9.17) is 0 Å². The normalized spacial score (nSPS) is 11.4. The van der Waals surface area contributed by atoms with Gasteiger partial charge in [-0.3, -0.25) is 14.3 Å². The van der Waals surface area contributed by atoms with E-state index in [1.165, 1.54) is 0 Å². The Morgan fingerprint density at radius 3 is 2.50 bits per heavy atom. The predicted molar refractivity (Wildman–Crippen MR) is 115 cm³/mol. The summed E-state index contributed by atoms with van der Waals surface area (Å²) in [4.78, 5) is 27.2. The highest BCUT2D eigenvalue weighted by molar-refractivity contribution is 9.10. The van der Waals surface area contributed by atoms with E-state index >= 15 is 0 Å². The maximum absolute atomic E-state index is 13.0. The molecule has 28 heavy (non-hydrogen) atoms. The van der Waals surface area contributed by atoms with Crippen molar-refractivity contribution in [3.05, 3.63) is 46.1 Å². The van der Waals surface area contributed by atoms with Gasteiger partial charge in [-0.15, -0.1) is 0 Å². The molecule has 0 aliphatic heterocycles. The SMILES string of the molecule is CCCCN(CC(=O)Nc1cc(C(C)(C)C)nn1C)C(=O)c1ccccc1Br. The van der Waals surface area contributed by atoms with Crippen molar-refractivity contribution in [3.63, 3.8) is 0 Å². The number of anilines is 1. The number of rotatable bonds is 7. The second-order valence-corrected chi connectivity index (χ2v) is 8.75. The molecule has 1 heterocycles. The summed E-state index contributed by atoms with van der Waals surface area (Å²) < 4.78 is 2.38. The molecular weight excluding hydrogens is 420 g/mol. The molecule has 7 heteroatoms. The molecule has 0 saturated carbocycles. The van der Waals surface area contributed by atoms with Gasteiger partial charge in [0.1, 0.15) is 12.4 Å². The molecule has 1 aromatic heterocycles. The molecule has 2 amide bonds. The summed E-state index contributed by atoms with van der Waals surface area (Å²) in [5.74, 6) is 0.232. The number of hydrogen-bond acceptors (Lipinski definition) is 3. The molecule has 0 aliphatic rings. The van der Waals surface area contributed by atoms with Gasteiger partial charge >= 0.3 is 0 Å². The molecule has 2 rings (SSSR count). The Bertz CT molecular complexity index is 839. The Labute approximate surface area is 175 Å². The minimum atomic E-state index is -0.236.